The maximum Gasteiger partial charge on any atom is 0.333 e. The summed E-state index contributed by atoms with van der Waals surface area (Å²) in [6.07, 6.45) is 0.677. The molecule has 3 aromatic carbocycles. The molecular weight excluding hydrogens is 334 g/mol. The Labute approximate surface area is 160 Å². The van der Waals surface area contributed by atoms with E-state index in [0.717, 1.165) is 22.6 Å². The molecule has 0 aliphatic carbocycles. The fourth-order valence-electron chi connectivity index (χ4n) is 2.80. The maximum atomic E-state index is 11.5. The number of ether oxygens (including phenoxy) is 1. The maximum absolute atomic E-state index is 11.5. The van der Waals surface area contributed by atoms with Gasteiger partial charge in [0.25, 0.3) is 0 Å². The lowest BCUT2D eigenvalue weighted by atomic mass is 10.1. The summed E-state index contributed by atoms with van der Waals surface area (Å²) in [5.41, 5.74) is 4.83. The summed E-state index contributed by atoms with van der Waals surface area (Å²) < 4.78 is 5.17. The van der Waals surface area contributed by atoms with Crippen molar-refractivity contribution in [3.8, 4) is 0 Å². The van der Waals surface area contributed by atoms with E-state index in [1.165, 1.54) is 0 Å². The second-order valence-electron chi connectivity index (χ2n) is 6.34. The summed E-state index contributed by atoms with van der Waals surface area (Å²) in [6.45, 7) is 5.59. The average Bonchev–Trinajstić information content (AvgIpc) is 2.71. The lowest BCUT2D eigenvalue weighted by molar-refractivity contribution is -0.138. The van der Waals surface area contributed by atoms with Gasteiger partial charge in [0.1, 0.15) is 0 Å². The Morgan fingerprint density at radius 1 is 0.815 bits per heavy atom. The summed E-state index contributed by atoms with van der Waals surface area (Å²) in [7, 11) is 0. The summed E-state index contributed by atoms with van der Waals surface area (Å²) in [5.74, 6) is -0.342. The monoisotopic (exact) mass is 357 g/mol. The van der Waals surface area contributed by atoms with E-state index in [0.29, 0.717) is 18.6 Å². The zero-order chi connectivity index (χ0) is 19.1. The Kier molecular flexibility index (Phi) is 6.06. The molecule has 0 saturated carbocycles. The highest BCUT2D eigenvalue weighted by molar-refractivity contribution is 5.86. The van der Waals surface area contributed by atoms with Crippen LogP contribution in [0, 0.1) is 0 Å². The summed E-state index contributed by atoms with van der Waals surface area (Å²) in [5, 5.41) is 0. The quantitative estimate of drug-likeness (QED) is 0.394. The lowest BCUT2D eigenvalue weighted by Crippen LogP contribution is -2.10. The number of anilines is 3. The molecule has 3 heteroatoms. The van der Waals surface area contributed by atoms with Crippen LogP contribution in [-0.2, 0) is 16.0 Å². The van der Waals surface area contributed by atoms with Crippen LogP contribution in [-0.4, -0.2) is 12.6 Å². The topological polar surface area (TPSA) is 29.5 Å². The van der Waals surface area contributed by atoms with Crippen molar-refractivity contribution in [3.05, 3.63) is 103 Å². The van der Waals surface area contributed by atoms with Gasteiger partial charge < -0.3 is 9.64 Å². The van der Waals surface area contributed by atoms with Crippen LogP contribution in [0.1, 0.15) is 12.5 Å². The fraction of sp³-hybridized carbons (Fsp3) is 0.125. The van der Waals surface area contributed by atoms with Crippen LogP contribution in [0.5, 0.6) is 0 Å². The van der Waals surface area contributed by atoms with E-state index in [1.54, 1.807) is 6.92 Å². The molecule has 0 bridgehead atoms. The Bertz CT molecular complexity index is 847. The second kappa shape index (κ2) is 8.86. The van der Waals surface area contributed by atoms with Gasteiger partial charge in [0, 0.05) is 29.1 Å². The summed E-state index contributed by atoms with van der Waals surface area (Å²) >= 11 is 0. The number of esters is 1. The molecular formula is C24H23NO2. The Hall–Kier alpha value is -3.33. The van der Waals surface area contributed by atoms with Crippen LogP contribution < -0.4 is 4.90 Å². The third-order valence-corrected chi connectivity index (χ3v) is 4.20. The highest BCUT2D eigenvalue weighted by Crippen LogP contribution is 2.34. The van der Waals surface area contributed by atoms with Crippen molar-refractivity contribution in [2.24, 2.45) is 0 Å². The molecule has 0 aliphatic heterocycles. The van der Waals surface area contributed by atoms with Gasteiger partial charge in [0.2, 0.25) is 0 Å². The van der Waals surface area contributed by atoms with Crippen molar-refractivity contribution in [1.29, 1.82) is 0 Å². The van der Waals surface area contributed by atoms with E-state index in [-0.39, 0.29) is 5.97 Å². The lowest BCUT2D eigenvalue weighted by Gasteiger charge is -2.25. The molecule has 0 fully saturated rings. The zero-order valence-corrected chi connectivity index (χ0v) is 15.5. The van der Waals surface area contributed by atoms with E-state index in [9.17, 15) is 4.79 Å². The molecule has 3 nitrogen and oxygen atoms in total. The van der Waals surface area contributed by atoms with Crippen LogP contribution in [0.25, 0.3) is 0 Å². The first kappa shape index (κ1) is 18.5. The smallest absolute Gasteiger partial charge is 0.333 e. The van der Waals surface area contributed by atoms with E-state index < -0.39 is 0 Å². The molecule has 0 amide bonds. The van der Waals surface area contributed by atoms with E-state index in [4.69, 9.17) is 4.74 Å². The molecule has 0 spiro atoms. The first-order valence-electron chi connectivity index (χ1n) is 8.97. The molecule has 0 aliphatic rings. The van der Waals surface area contributed by atoms with Crippen molar-refractivity contribution in [2.75, 3.05) is 11.5 Å². The molecule has 3 aromatic rings. The molecule has 0 radical (unpaired) electrons. The van der Waals surface area contributed by atoms with Crippen molar-refractivity contribution in [2.45, 2.75) is 13.3 Å². The van der Waals surface area contributed by atoms with Crippen LogP contribution in [0.2, 0.25) is 0 Å². The van der Waals surface area contributed by atoms with Gasteiger partial charge in [-0.05, 0) is 48.9 Å². The largest absolute Gasteiger partial charge is 0.462 e. The number of para-hydroxylation sites is 2. The molecule has 0 saturated heterocycles. The van der Waals surface area contributed by atoms with Crippen molar-refractivity contribution >= 4 is 23.0 Å². The fourth-order valence-corrected chi connectivity index (χ4v) is 2.80. The standard InChI is InChI=1S/C24H23NO2/c1-19(2)24(26)27-18-17-20-13-15-23(16-14-20)25(21-9-5-3-6-10-21)22-11-7-4-8-12-22/h3-16H,1,17-18H2,2H3. The Morgan fingerprint density at radius 3 is 1.78 bits per heavy atom. The highest BCUT2D eigenvalue weighted by atomic mass is 16.5. The van der Waals surface area contributed by atoms with Crippen LogP contribution in [0.3, 0.4) is 0 Å². The van der Waals surface area contributed by atoms with Gasteiger partial charge in [0.15, 0.2) is 0 Å². The van der Waals surface area contributed by atoms with Crippen LogP contribution in [0.4, 0.5) is 17.1 Å². The molecule has 136 valence electrons. The molecule has 0 heterocycles. The van der Waals surface area contributed by atoms with E-state index in [1.807, 2.05) is 36.4 Å². The van der Waals surface area contributed by atoms with Gasteiger partial charge in [0.05, 0.1) is 6.61 Å². The summed E-state index contributed by atoms with van der Waals surface area (Å²) in [4.78, 5) is 13.7. The molecule has 27 heavy (non-hydrogen) atoms. The van der Waals surface area contributed by atoms with E-state index in [2.05, 4.69) is 60.0 Å². The van der Waals surface area contributed by atoms with Gasteiger partial charge >= 0.3 is 5.97 Å². The zero-order valence-electron chi connectivity index (χ0n) is 15.5. The number of benzene rings is 3. The Morgan fingerprint density at radius 2 is 1.30 bits per heavy atom. The SMILES string of the molecule is C=C(C)C(=O)OCCc1ccc(N(c2ccccc2)c2ccccc2)cc1. The third kappa shape index (κ3) is 4.85. The average molecular weight is 357 g/mol. The first-order valence-corrected chi connectivity index (χ1v) is 8.97. The minimum Gasteiger partial charge on any atom is -0.462 e. The van der Waals surface area contributed by atoms with Crippen LogP contribution in [0.15, 0.2) is 97.1 Å². The molecule has 0 aromatic heterocycles. The number of hydrogen-bond donors (Lipinski definition) is 0. The highest BCUT2D eigenvalue weighted by Gasteiger charge is 2.11. The van der Waals surface area contributed by atoms with Crippen molar-refractivity contribution in [1.82, 2.24) is 0 Å². The van der Waals surface area contributed by atoms with Gasteiger partial charge in [-0.3, -0.25) is 0 Å². The number of nitrogens with zero attached hydrogens (tertiary/aromatic N) is 1. The molecule has 3 rings (SSSR count). The predicted octanol–water partition coefficient (Wildman–Crippen LogP) is 5.82. The first-order chi connectivity index (χ1) is 13.1. The third-order valence-electron chi connectivity index (χ3n) is 4.20. The normalized spacial score (nSPS) is 10.3. The molecule has 0 unspecified atom stereocenters. The number of hydrogen-bond acceptors (Lipinski definition) is 3. The molecule has 0 N–H and O–H groups in total. The number of carbonyl (C=O) groups excluding carboxylic acids is 1. The Balaban J connectivity index is 1.78. The minimum atomic E-state index is -0.342. The van der Waals surface area contributed by atoms with Gasteiger partial charge in [-0.25, -0.2) is 4.79 Å². The van der Waals surface area contributed by atoms with Gasteiger partial charge in [-0.15, -0.1) is 0 Å². The molecule has 0 atom stereocenters. The van der Waals surface area contributed by atoms with E-state index >= 15 is 0 Å². The van der Waals surface area contributed by atoms with Gasteiger partial charge in [-0.2, -0.15) is 0 Å². The van der Waals surface area contributed by atoms with Gasteiger partial charge in [-0.1, -0.05) is 55.1 Å². The van der Waals surface area contributed by atoms with Crippen molar-refractivity contribution < 1.29 is 9.53 Å². The predicted molar refractivity (Wildman–Crippen MR) is 111 cm³/mol. The minimum absolute atomic E-state index is 0.342. The number of rotatable bonds is 7. The summed E-state index contributed by atoms with van der Waals surface area (Å²) in [6, 6.07) is 28.9. The van der Waals surface area contributed by atoms with Crippen molar-refractivity contribution in [3.63, 3.8) is 0 Å². The number of carbonyl (C=O) groups is 1. The van der Waals surface area contributed by atoms with Crippen LogP contribution >= 0.6 is 0 Å². The second-order valence-corrected chi connectivity index (χ2v) is 6.34.